The number of H-pyrrole nitrogens is 1. The van der Waals surface area contributed by atoms with E-state index in [1.54, 1.807) is 40.8 Å². The molecule has 0 unspecified atom stereocenters. The second-order valence-electron chi connectivity index (χ2n) is 18.2. The Kier molecular flexibility index (Phi) is 18.9. The number of benzene rings is 1. The molecule has 1 aromatic carbocycles. The van der Waals surface area contributed by atoms with Gasteiger partial charge in [0.25, 0.3) is 0 Å². The third-order valence-corrected chi connectivity index (χ3v) is 11.8. The van der Waals surface area contributed by atoms with Crippen molar-refractivity contribution < 1.29 is 47.8 Å². The van der Waals surface area contributed by atoms with Crippen molar-refractivity contribution in [2.45, 2.75) is 135 Å². The van der Waals surface area contributed by atoms with Crippen LogP contribution in [0.25, 0.3) is 10.9 Å². The molecule has 3 heterocycles. The molecule has 6 N–H and O–H groups in total. The lowest BCUT2D eigenvalue weighted by molar-refractivity contribution is -0.148. The average molecular weight is 913 g/mol. The highest BCUT2D eigenvalue weighted by atomic mass is 32.2. The van der Waals surface area contributed by atoms with Gasteiger partial charge in [-0.05, 0) is 94.8 Å². The number of para-hydroxylation sites is 1. The molecule has 19 heteroatoms. The molecular weight excluding hydrogens is 845 g/mol. The van der Waals surface area contributed by atoms with E-state index in [4.69, 9.17) is 9.47 Å². The Labute approximate surface area is 380 Å². The zero-order valence-corrected chi connectivity index (χ0v) is 39.5. The van der Waals surface area contributed by atoms with Crippen LogP contribution in [0.5, 0.6) is 0 Å². The van der Waals surface area contributed by atoms with E-state index in [2.05, 4.69) is 31.6 Å². The number of nitrogens with zero attached hydrogens (tertiary/aromatic N) is 2. The van der Waals surface area contributed by atoms with Crippen LogP contribution >= 0.6 is 11.8 Å². The number of aromatic nitrogens is 1. The maximum Gasteiger partial charge on any atom is 0.408 e. The van der Waals surface area contributed by atoms with E-state index in [1.165, 1.54) is 28.7 Å². The van der Waals surface area contributed by atoms with Crippen molar-refractivity contribution in [2.75, 3.05) is 38.8 Å². The standard InChI is InChI=1S/C45H68N8O10S/c1-26(2)22-32(50-40(57)34-16-12-19-52(34)41(58)35-17-13-20-53(35)42(59)37(27(3)4)51-44(61)63-45(5,6)7)38(55)47-25-36(54)48-33(23-28-24-46-30-15-11-10-14-29(28)30)39(56)49-31(18-21-64-9)43(60)62-8/h10-11,14-15,24,26-27,31-35,37,46H,12-13,16-23,25H2,1-9H3,(H,47,55)(H,48,54)(H,49,56)(H,50,57)(H,51,61)/t31-,32-,33-,34-,35-,37-/m0/s1. The van der Waals surface area contributed by atoms with Gasteiger partial charge in [-0.3, -0.25) is 28.8 Å². The van der Waals surface area contributed by atoms with Crippen LogP contribution in [-0.4, -0.2) is 143 Å². The van der Waals surface area contributed by atoms with Gasteiger partial charge in [-0.25, -0.2) is 9.59 Å². The Hall–Kier alpha value is -5.33. The lowest BCUT2D eigenvalue weighted by Gasteiger charge is -2.34. The molecule has 2 aromatic rings. The number of hydrogen-bond acceptors (Lipinski definition) is 11. The predicted molar refractivity (Wildman–Crippen MR) is 243 cm³/mol. The maximum absolute atomic E-state index is 14.2. The summed E-state index contributed by atoms with van der Waals surface area (Å²) in [5.41, 5.74) is 0.815. The lowest BCUT2D eigenvalue weighted by atomic mass is 10.0. The largest absolute Gasteiger partial charge is 0.467 e. The topological polar surface area (TPSA) is 237 Å². The van der Waals surface area contributed by atoms with E-state index in [9.17, 15) is 38.4 Å². The van der Waals surface area contributed by atoms with Gasteiger partial charge >= 0.3 is 12.1 Å². The number of likely N-dealkylation sites (tertiary alicyclic amines) is 2. The Morgan fingerprint density at radius 1 is 0.844 bits per heavy atom. The van der Waals surface area contributed by atoms with Crippen LogP contribution < -0.4 is 26.6 Å². The van der Waals surface area contributed by atoms with Gasteiger partial charge in [-0.2, -0.15) is 11.8 Å². The minimum Gasteiger partial charge on any atom is -0.467 e. The number of fused-ring (bicyclic) bond motifs is 1. The molecule has 64 heavy (non-hydrogen) atoms. The van der Waals surface area contributed by atoms with Crippen LogP contribution in [0.2, 0.25) is 0 Å². The third kappa shape index (κ3) is 14.3. The van der Waals surface area contributed by atoms with Gasteiger partial charge in [0, 0.05) is 36.6 Å². The summed E-state index contributed by atoms with van der Waals surface area (Å²) in [6.07, 6.45) is 5.33. The van der Waals surface area contributed by atoms with Gasteiger partial charge in [-0.1, -0.05) is 45.9 Å². The first-order chi connectivity index (χ1) is 30.2. The van der Waals surface area contributed by atoms with Crippen molar-refractivity contribution in [3.63, 3.8) is 0 Å². The second kappa shape index (κ2) is 23.6. The van der Waals surface area contributed by atoms with E-state index in [1.807, 2.05) is 44.4 Å². The predicted octanol–water partition coefficient (Wildman–Crippen LogP) is 2.78. The molecule has 0 spiro atoms. The van der Waals surface area contributed by atoms with Gasteiger partial charge in [0.2, 0.25) is 35.4 Å². The number of alkyl carbamates (subject to hydrolysis) is 1. The van der Waals surface area contributed by atoms with Crippen molar-refractivity contribution in [3.8, 4) is 0 Å². The molecule has 4 rings (SSSR count). The number of esters is 1. The molecule has 7 amide bonds. The van der Waals surface area contributed by atoms with Crippen LogP contribution in [0, 0.1) is 11.8 Å². The summed E-state index contributed by atoms with van der Waals surface area (Å²) in [6.45, 7) is 12.6. The summed E-state index contributed by atoms with van der Waals surface area (Å²) in [5.74, 6) is -3.62. The van der Waals surface area contributed by atoms with Crippen LogP contribution in [0.15, 0.2) is 30.5 Å². The summed E-state index contributed by atoms with van der Waals surface area (Å²) in [7, 11) is 1.24. The van der Waals surface area contributed by atoms with Crippen molar-refractivity contribution in [3.05, 3.63) is 36.0 Å². The van der Waals surface area contributed by atoms with E-state index in [-0.39, 0.29) is 37.1 Å². The SMILES string of the molecule is COC(=O)[C@H](CCSC)NC(=O)[C@H](Cc1c[nH]c2ccccc12)NC(=O)CNC(=O)[C@H](CC(C)C)NC(=O)[C@@H]1CCCN1C(=O)[C@@H]1CCCN1C(=O)[C@@H](NC(=O)OC(C)(C)C)C(C)C. The Morgan fingerprint density at radius 3 is 2.16 bits per heavy atom. The average Bonchev–Trinajstić information content (AvgIpc) is 4.02. The molecule has 18 nitrogen and oxygen atoms in total. The molecule has 0 aliphatic carbocycles. The van der Waals surface area contributed by atoms with E-state index >= 15 is 0 Å². The van der Waals surface area contributed by atoms with Gasteiger partial charge in [0.1, 0.15) is 41.9 Å². The molecule has 2 aliphatic rings. The molecule has 0 bridgehead atoms. The fourth-order valence-corrected chi connectivity index (χ4v) is 8.52. The number of amides is 7. The number of nitrogens with one attached hydrogen (secondary N) is 6. The highest BCUT2D eigenvalue weighted by molar-refractivity contribution is 7.98. The summed E-state index contributed by atoms with van der Waals surface area (Å²) >= 11 is 1.50. The number of aromatic amines is 1. The van der Waals surface area contributed by atoms with Crippen molar-refractivity contribution in [1.82, 2.24) is 41.4 Å². The quantitative estimate of drug-likeness (QED) is 0.106. The summed E-state index contributed by atoms with van der Waals surface area (Å²) in [5, 5.41) is 14.4. The fourth-order valence-electron chi connectivity index (χ4n) is 8.04. The molecule has 1 aromatic heterocycles. The number of carbonyl (C=O) groups is 8. The smallest absolute Gasteiger partial charge is 0.408 e. The van der Waals surface area contributed by atoms with Crippen molar-refractivity contribution in [2.24, 2.45) is 11.8 Å². The first-order valence-electron chi connectivity index (χ1n) is 22.1. The van der Waals surface area contributed by atoms with E-state index < -0.39 is 90.0 Å². The molecule has 354 valence electrons. The van der Waals surface area contributed by atoms with E-state index in [0.29, 0.717) is 44.4 Å². The highest BCUT2D eigenvalue weighted by Crippen LogP contribution is 2.27. The number of ether oxygens (including phenoxy) is 2. The van der Waals surface area contributed by atoms with Gasteiger partial charge < -0.3 is 50.8 Å². The zero-order chi connectivity index (χ0) is 47.3. The lowest BCUT2D eigenvalue weighted by Crippen LogP contribution is -2.58. The first-order valence-corrected chi connectivity index (χ1v) is 23.5. The first kappa shape index (κ1) is 51.3. The Balaban J connectivity index is 1.43. The monoisotopic (exact) mass is 912 g/mol. The van der Waals surface area contributed by atoms with E-state index in [0.717, 1.165) is 16.5 Å². The van der Waals surface area contributed by atoms with Gasteiger partial charge in [-0.15, -0.1) is 0 Å². The molecule has 0 saturated carbocycles. The number of methoxy groups -OCH3 is 1. The van der Waals surface area contributed by atoms with Gasteiger partial charge in [0.15, 0.2) is 0 Å². The zero-order valence-electron chi connectivity index (χ0n) is 38.7. The number of thioether (sulfide) groups is 1. The minimum atomic E-state index is -1.13. The summed E-state index contributed by atoms with van der Waals surface area (Å²) < 4.78 is 10.3. The van der Waals surface area contributed by atoms with Crippen molar-refractivity contribution in [1.29, 1.82) is 0 Å². The highest BCUT2D eigenvalue weighted by Gasteiger charge is 2.45. The van der Waals surface area contributed by atoms with Crippen LogP contribution in [-0.2, 0) is 49.5 Å². The Bertz CT molecular complexity index is 1980. The number of hydrogen-bond donors (Lipinski definition) is 6. The van der Waals surface area contributed by atoms with Crippen molar-refractivity contribution >= 4 is 70.2 Å². The number of rotatable bonds is 20. The minimum absolute atomic E-state index is 0.0504. The second-order valence-corrected chi connectivity index (χ2v) is 19.2. The van der Waals surface area contributed by atoms with Gasteiger partial charge in [0.05, 0.1) is 13.7 Å². The van der Waals surface area contributed by atoms with Crippen LogP contribution in [0.1, 0.15) is 92.6 Å². The van der Waals surface area contributed by atoms with Crippen LogP contribution in [0.4, 0.5) is 4.79 Å². The molecule has 2 saturated heterocycles. The number of carbonyl (C=O) groups excluding carboxylic acids is 8. The molecule has 2 fully saturated rings. The fraction of sp³-hybridized carbons (Fsp3) is 0.644. The molecule has 2 aliphatic heterocycles. The summed E-state index contributed by atoms with van der Waals surface area (Å²) in [6, 6.07) is 1.70. The third-order valence-electron chi connectivity index (χ3n) is 11.2. The summed E-state index contributed by atoms with van der Waals surface area (Å²) in [4.78, 5) is 114. The molecule has 6 atom stereocenters. The molecular formula is C45H68N8O10S. The molecule has 0 radical (unpaired) electrons. The normalized spacial score (nSPS) is 18.2. The maximum atomic E-state index is 14.2. The van der Waals surface area contributed by atoms with Crippen LogP contribution in [0.3, 0.4) is 0 Å². The Morgan fingerprint density at radius 2 is 1.52 bits per heavy atom.